The minimum absolute atomic E-state index is 0.0390. The zero-order chi connectivity index (χ0) is 37.6. The van der Waals surface area contributed by atoms with Gasteiger partial charge in [-0.25, -0.2) is 15.0 Å². The first kappa shape index (κ1) is 37.7. The van der Waals surface area contributed by atoms with Crippen LogP contribution in [0.25, 0.3) is 17.1 Å². The molecule has 6 aromatic rings. The molecule has 0 fully saturated rings. The number of amides is 1. The van der Waals surface area contributed by atoms with Crippen LogP contribution in [0.5, 0.6) is 5.75 Å². The number of anilines is 2. The third-order valence-electron chi connectivity index (χ3n) is 7.28. The summed E-state index contributed by atoms with van der Waals surface area (Å²) >= 11 is 12.6. The molecule has 0 aliphatic heterocycles. The van der Waals surface area contributed by atoms with E-state index in [0.29, 0.717) is 57.6 Å². The van der Waals surface area contributed by atoms with Crippen molar-refractivity contribution in [3.05, 3.63) is 148 Å². The Kier molecular flexibility index (Phi) is 11.4. The molecule has 0 atom stereocenters. The lowest BCUT2D eigenvalue weighted by Crippen LogP contribution is -2.15. The Hall–Kier alpha value is -5.60. The Morgan fingerprint density at radius 2 is 1.46 bits per heavy atom. The van der Waals surface area contributed by atoms with Gasteiger partial charge in [0, 0.05) is 28.7 Å². The van der Waals surface area contributed by atoms with Crippen LogP contribution in [0, 0.1) is 6.92 Å². The molecule has 3 aromatic carbocycles. The highest BCUT2D eigenvalue weighted by atomic mass is 35.5. The molecule has 0 aliphatic carbocycles. The number of benzene rings is 3. The Morgan fingerprint density at radius 1 is 0.827 bits per heavy atom. The summed E-state index contributed by atoms with van der Waals surface area (Å²) in [4.78, 5) is 24.8. The van der Waals surface area contributed by atoms with Gasteiger partial charge in [-0.2, -0.15) is 26.3 Å². The molecule has 0 aliphatic rings. The number of alkyl halides is 6. The van der Waals surface area contributed by atoms with Crippen LogP contribution >= 0.6 is 23.2 Å². The van der Waals surface area contributed by atoms with E-state index >= 15 is 0 Å². The Labute approximate surface area is 302 Å². The molecule has 8 nitrogen and oxygen atoms in total. The normalized spacial score (nSPS) is 11.4. The van der Waals surface area contributed by atoms with E-state index in [-0.39, 0.29) is 17.3 Å². The van der Waals surface area contributed by atoms with E-state index in [9.17, 15) is 31.1 Å². The van der Waals surface area contributed by atoms with Gasteiger partial charge >= 0.3 is 12.4 Å². The van der Waals surface area contributed by atoms with E-state index in [1.54, 1.807) is 41.8 Å². The van der Waals surface area contributed by atoms with Gasteiger partial charge in [0.2, 0.25) is 0 Å². The number of halogens is 8. The molecule has 0 bridgehead atoms. The first-order valence-corrected chi connectivity index (χ1v) is 15.8. The fraction of sp³-hybridized carbons (Fsp3) is 0.111. The summed E-state index contributed by atoms with van der Waals surface area (Å²) in [5.74, 6) is 0.393. The number of nitrogens with two attached hydrogens (primary N) is 1. The van der Waals surface area contributed by atoms with Crippen LogP contribution in [-0.4, -0.2) is 25.4 Å². The average Bonchev–Trinajstić information content (AvgIpc) is 3.44. The third kappa shape index (κ3) is 9.38. The summed E-state index contributed by atoms with van der Waals surface area (Å²) in [5, 5.41) is 3.27. The molecular weight excluding hydrogens is 733 g/mol. The highest BCUT2D eigenvalue weighted by Crippen LogP contribution is 2.34. The van der Waals surface area contributed by atoms with Crippen molar-refractivity contribution in [2.45, 2.75) is 25.9 Å². The van der Waals surface area contributed by atoms with Crippen LogP contribution in [0.2, 0.25) is 10.0 Å². The fourth-order valence-electron chi connectivity index (χ4n) is 4.70. The zero-order valence-electron chi connectivity index (χ0n) is 26.8. The molecular formula is C36H26Cl2F6N6O2. The van der Waals surface area contributed by atoms with Gasteiger partial charge < -0.3 is 15.8 Å². The first-order chi connectivity index (χ1) is 24.6. The molecule has 52 heavy (non-hydrogen) atoms. The number of rotatable bonds is 7. The number of nitrogens with one attached hydrogen (secondary N) is 1. The third-order valence-corrected chi connectivity index (χ3v) is 7.83. The SMILES string of the molecule is Cc1c(C(=O)Nc2ccc(C(F)(F)F)cn2)nc(-c2ccc(Cl)cc2Cl)n1-c1ccc(OCc2ccccc2)cc1.Nc1ccc(C(F)(F)F)cn1. The lowest BCUT2D eigenvalue weighted by atomic mass is 10.2. The lowest BCUT2D eigenvalue weighted by Gasteiger charge is -2.13. The second kappa shape index (κ2) is 15.7. The van der Waals surface area contributed by atoms with Crippen molar-refractivity contribution < 1.29 is 35.9 Å². The summed E-state index contributed by atoms with van der Waals surface area (Å²) < 4.78 is 81.9. The number of hydrogen-bond donors (Lipinski definition) is 2. The van der Waals surface area contributed by atoms with Gasteiger partial charge in [-0.05, 0) is 79.2 Å². The van der Waals surface area contributed by atoms with E-state index in [4.69, 9.17) is 33.7 Å². The highest BCUT2D eigenvalue weighted by molar-refractivity contribution is 6.36. The second-order valence-corrected chi connectivity index (χ2v) is 11.8. The van der Waals surface area contributed by atoms with Gasteiger partial charge in [-0.3, -0.25) is 9.36 Å². The van der Waals surface area contributed by atoms with Crippen LogP contribution in [0.1, 0.15) is 32.9 Å². The van der Waals surface area contributed by atoms with Crippen molar-refractivity contribution in [1.82, 2.24) is 19.5 Å². The van der Waals surface area contributed by atoms with Crippen LogP contribution in [0.15, 0.2) is 109 Å². The molecule has 6 rings (SSSR count). The quantitative estimate of drug-likeness (QED) is 0.157. The fourth-order valence-corrected chi connectivity index (χ4v) is 5.19. The number of nitrogens with zero attached hydrogens (tertiary/aromatic N) is 4. The van der Waals surface area contributed by atoms with Crippen molar-refractivity contribution in [3.63, 3.8) is 0 Å². The number of carbonyl (C=O) groups excluding carboxylic acids is 1. The second-order valence-electron chi connectivity index (χ2n) is 11.0. The first-order valence-electron chi connectivity index (χ1n) is 15.1. The van der Waals surface area contributed by atoms with Crippen LogP contribution < -0.4 is 15.8 Å². The maximum atomic E-state index is 13.2. The summed E-state index contributed by atoms with van der Waals surface area (Å²) in [6, 6.07) is 25.8. The van der Waals surface area contributed by atoms with Crippen molar-refractivity contribution in [2.24, 2.45) is 0 Å². The van der Waals surface area contributed by atoms with E-state index < -0.39 is 29.4 Å². The van der Waals surface area contributed by atoms with Crippen molar-refractivity contribution >= 4 is 40.7 Å². The number of imidazole rings is 1. The maximum absolute atomic E-state index is 13.2. The minimum Gasteiger partial charge on any atom is -0.489 e. The molecule has 3 aromatic heterocycles. The number of carbonyl (C=O) groups is 1. The predicted molar refractivity (Wildman–Crippen MR) is 185 cm³/mol. The molecule has 0 saturated carbocycles. The molecule has 268 valence electrons. The summed E-state index contributed by atoms with van der Waals surface area (Å²) in [7, 11) is 0. The van der Waals surface area contributed by atoms with E-state index in [2.05, 4.69) is 20.3 Å². The molecule has 16 heteroatoms. The summed E-state index contributed by atoms with van der Waals surface area (Å²) in [6.07, 6.45) is -7.52. The van der Waals surface area contributed by atoms with E-state index in [1.807, 2.05) is 42.5 Å². The van der Waals surface area contributed by atoms with Gasteiger partial charge in [-0.1, -0.05) is 53.5 Å². The number of ether oxygens (including phenoxy) is 1. The van der Waals surface area contributed by atoms with Gasteiger partial charge in [0.1, 0.15) is 29.8 Å². The molecule has 0 unspecified atom stereocenters. The van der Waals surface area contributed by atoms with E-state index in [1.165, 1.54) is 0 Å². The lowest BCUT2D eigenvalue weighted by molar-refractivity contribution is -0.138. The van der Waals surface area contributed by atoms with Gasteiger partial charge in [0.05, 0.1) is 21.8 Å². The number of hydrogen-bond acceptors (Lipinski definition) is 6. The minimum atomic E-state index is -4.54. The summed E-state index contributed by atoms with van der Waals surface area (Å²) in [6.45, 7) is 2.10. The molecule has 0 radical (unpaired) electrons. The highest BCUT2D eigenvalue weighted by Gasteiger charge is 2.31. The Morgan fingerprint density at radius 3 is 2.02 bits per heavy atom. The maximum Gasteiger partial charge on any atom is 0.417 e. The monoisotopic (exact) mass is 758 g/mol. The molecule has 3 N–H and O–H groups in total. The average molecular weight is 760 g/mol. The van der Waals surface area contributed by atoms with Crippen molar-refractivity contribution in [1.29, 1.82) is 0 Å². The Balaban J connectivity index is 0.000000407. The summed E-state index contributed by atoms with van der Waals surface area (Å²) in [5.41, 5.74) is 6.11. The molecule has 3 heterocycles. The molecule has 0 saturated heterocycles. The standard InChI is InChI=1S/C30H21Cl2F3N4O2.C6H5F3N2/c1-18-27(29(40)37-26-14-7-20(16-36-26)30(33,34)35)38-28(24-13-8-21(31)15-25(24)32)39(18)22-9-11-23(12-10-22)41-17-19-5-3-2-4-6-19;7-6(8,9)4-1-2-5(10)11-3-4/h2-16H,17H2,1H3,(H,36,37,40);1-3H,(H2,10,11). The molecule has 1 amide bonds. The zero-order valence-corrected chi connectivity index (χ0v) is 28.3. The van der Waals surface area contributed by atoms with Crippen LogP contribution in [0.3, 0.4) is 0 Å². The molecule has 0 spiro atoms. The van der Waals surface area contributed by atoms with Crippen LogP contribution in [-0.2, 0) is 19.0 Å². The predicted octanol–water partition coefficient (Wildman–Crippen LogP) is 10.1. The van der Waals surface area contributed by atoms with Gasteiger partial charge in [0.15, 0.2) is 5.69 Å². The topological polar surface area (TPSA) is 108 Å². The van der Waals surface area contributed by atoms with E-state index in [0.717, 1.165) is 29.8 Å². The number of pyridine rings is 2. The van der Waals surface area contributed by atoms with Crippen molar-refractivity contribution in [3.8, 4) is 22.8 Å². The largest absolute Gasteiger partial charge is 0.489 e. The Bertz CT molecular complexity index is 2140. The smallest absolute Gasteiger partial charge is 0.417 e. The van der Waals surface area contributed by atoms with Crippen molar-refractivity contribution in [2.75, 3.05) is 11.1 Å². The number of nitrogen functional groups attached to an aromatic ring is 1. The van der Waals surface area contributed by atoms with Crippen LogP contribution in [0.4, 0.5) is 38.0 Å². The van der Waals surface area contributed by atoms with Gasteiger partial charge in [-0.15, -0.1) is 0 Å². The van der Waals surface area contributed by atoms with Gasteiger partial charge in [0.25, 0.3) is 5.91 Å². The number of aromatic nitrogens is 4.